The van der Waals surface area contributed by atoms with Gasteiger partial charge < -0.3 is 90.1 Å². The predicted octanol–water partition coefficient (Wildman–Crippen LogP) is 0.705. The van der Waals surface area contributed by atoms with Crippen LogP contribution < -0.4 is 0 Å². The Balaban J connectivity index is 1.57. The predicted molar refractivity (Wildman–Crippen MR) is 175 cm³/mol. The van der Waals surface area contributed by atoms with Crippen molar-refractivity contribution < 1.29 is 109 Å². The zero-order valence-corrected chi connectivity index (χ0v) is 27.7. The first kappa shape index (κ1) is 39.5. The maximum absolute atomic E-state index is 13.5. The van der Waals surface area contributed by atoms with E-state index in [1.165, 1.54) is 0 Å². The van der Waals surface area contributed by atoms with E-state index in [2.05, 4.69) is 0 Å². The maximum atomic E-state index is 13.5. The Bertz CT molecular complexity index is 2140. The fourth-order valence-corrected chi connectivity index (χ4v) is 5.14. The summed E-state index contributed by atoms with van der Waals surface area (Å²) in [6.07, 6.45) is -11.2. The summed E-state index contributed by atoms with van der Waals surface area (Å²) in [5.74, 6) is -18.2. The van der Waals surface area contributed by atoms with Crippen molar-refractivity contribution in [2.75, 3.05) is 6.61 Å². The number of carbonyl (C=O) groups is 4. The smallest absolute Gasteiger partial charge is 0.339 e. The number of aliphatic hydroxyl groups excluding tert-OH is 1. The van der Waals surface area contributed by atoms with Gasteiger partial charge in [0.25, 0.3) is 0 Å². The van der Waals surface area contributed by atoms with Gasteiger partial charge in [0.1, 0.15) is 12.7 Å². The van der Waals surface area contributed by atoms with Crippen molar-refractivity contribution in [3.63, 3.8) is 0 Å². The first-order valence-corrected chi connectivity index (χ1v) is 15.4. The molecule has 4 aromatic carbocycles. The first-order valence-electron chi connectivity index (χ1n) is 15.4. The fourth-order valence-electron chi connectivity index (χ4n) is 5.14. The van der Waals surface area contributed by atoms with Crippen molar-refractivity contribution in [3.8, 4) is 69.0 Å². The molecule has 0 bridgehead atoms. The van der Waals surface area contributed by atoms with E-state index in [1.807, 2.05) is 0 Å². The van der Waals surface area contributed by atoms with Crippen molar-refractivity contribution in [1.82, 2.24) is 0 Å². The Morgan fingerprint density at radius 3 is 1.02 bits per heavy atom. The molecule has 0 saturated carbocycles. The lowest BCUT2D eigenvalue weighted by atomic mass is 9.97. The SMILES string of the molecule is O=C(OC[C@H]1O[C@H](O)[C@H](OC(=O)c2cc(O)c(O)c(O)c2)[C@H](OC(=O)c2cc(O)c(O)c(O)c2)[C@@H]1OC(=O)c1cc(O)c(O)c(O)c1)c1cc(O)c(O)c(O)c1. The Hall–Kier alpha value is -7.72. The summed E-state index contributed by atoms with van der Waals surface area (Å²) in [7, 11) is 0. The largest absolute Gasteiger partial charge is 0.504 e. The van der Waals surface area contributed by atoms with E-state index in [0.717, 1.165) is 0 Å². The molecule has 0 aromatic heterocycles. The lowest BCUT2D eigenvalue weighted by Crippen LogP contribution is -2.62. The van der Waals surface area contributed by atoms with E-state index < -0.39 is 152 Å². The van der Waals surface area contributed by atoms with Crippen LogP contribution in [0.5, 0.6) is 69.0 Å². The Labute approximate surface area is 310 Å². The molecule has 0 unspecified atom stereocenters. The van der Waals surface area contributed by atoms with Crippen LogP contribution in [0.15, 0.2) is 48.5 Å². The van der Waals surface area contributed by atoms with Gasteiger partial charge in [0.2, 0.25) is 0 Å². The van der Waals surface area contributed by atoms with Crippen LogP contribution in [0.3, 0.4) is 0 Å². The molecule has 56 heavy (non-hydrogen) atoms. The van der Waals surface area contributed by atoms with Crippen LogP contribution in [0, 0.1) is 0 Å². The van der Waals surface area contributed by atoms with Gasteiger partial charge in [-0.15, -0.1) is 0 Å². The number of benzene rings is 4. The van der Waals surface area contributed by atoms with E-state index in [0.29, 0.717) is 48.5 Å². The maximum Gasteiger partial charge on any atom is 0.339 e. The number of esters is 4. The van der Waals surface area contributed by atoms with Gasteiger partial charge in [-0.1, -0.05) is 0 Å². The molecule has 1 heterocycles. The number of aromatic hydroxyl groups is 12. The number of hydrogen-bond donors (Lipinski definition) is 13. The third-order valence-corrected chi connectivity index (χ3v) is 7.94. The Morgan fingerprint density at radius 1 is 0.429 bits per heavy atom. The number of aliphatic hydroxyl groups is 1. The van der Waals surface area contributed by atoms with Crippen molar-refractivity contribution in [2.45, 2.75) is 30.7 Å². The van der Waals surface area contributed by atoms with E-state index in [1.54, 1.807) is 0 Å². The van der Waals surface area contributed by atoms with Crippen LogP contribution in [0.4, 0.5) is 0 Å². The molecule has 0 amide bonds. The normalized spacial score (nSPS) is 19.1. The Morgan fingerprint density at radius 2 is 0.696 bits per heavy atom. The molecule has 22 heteroatoms. The molecule has 1 aliphatic rings. The van der Waals surface area contributed by atoms with Crippen LogP contribution in [-0.2, 0) is 23.7 Å². The van der Waals surface area contributed by atoms with Crippen LogP contribution >= 0.6 is 0 Å². The number of hydrogen-bond acceptors (Lipinski definition) is 22. The molecular formula is C34H28O22. The minimum atomic E-state index is -2.43. The number of rotatable bonds is 9. The molecule has 13 N–H and O–H groups in total. The first-order chi connectivity index (χ1) is 26.3. The molecule has 5 atom stereocenters. The minimum Gasteiger partial charge on any atom is -0.504 e. The number of ether oxygens (including phenoxy) is 5. The lowest BCUT2D eigenvalue weighted by Gasteiger charge is -2.42. The molecule has 4 aromatic rings. The summed E-state index contributed by atoms with van der Waals surface area (Å²) in [5, 5.41) is 129. The molecule has 22 nitrogen and oxygen atoms in total. The van der Waals surface area contributed by atoms with Crippen LogP contribution in [0.25, 0.3) is 0 Å². The van der Waals surface area contributed by atoms with Gasteiger partial charge >= 0.3 is 23.9 Å². The van der Waals surface area contributed by atoms with E-state index in [-0.39, 0.29) is 0 Å². The van der Waals surface area contributed by atoms with Gasteiger partial charge in [-0.2, -0.15) is 0 Å². The fraction of sp³-hybridized carbons (Fsp3) is 0.176. The highest BCUT2D eigenvalue weighted by molar-refractivity contribution is 5.93. The highest BCUT2D eigenvalue weighted by Gasteiger charge is 2.53. The molecule has 296 valence electrons. The highest BCUT2D eigenvalue weighted by atomic mass is 16.7. The molecule has 1 aliphatic heterocycles. The van der Waals surface area contributed by atoms with Gasteiger partial charge in [-0.05, 0) is 48.5 Å². The summed E-state index contributed by atoms with van der Waals surface area (Å²) < 4.78 is 26.8. The average molecular weight is 789 g/mol. The van der Waals surface area contributed by atoms with Crippen LogP contribution in [0.2, 0.25) is 0 Å². The molecule has 1 saturated heterocycles. The van der Waals surface area contributed by atoms with Crippen LogP contribution in [0.1, 0.15) is 41.4 Å². The van der Waals surface area contributed by atoms with Gasteiger partial charge in [0.05, 0.1) is 22.3 Å². The standard InChI is InChI=1S/C34H28O22/c35-14-1-10(2-15(36)23(14)43)30(47)52-9-22-27(54-31(48)11-3-16(37)24(44)17(38)4-11)28(55-32(49)12-5-18(39)25(45)19(40)6-12)29(34(51)53-22)56-33(50)13-7-20(41)26(46)21(42)8-13/h1-8,22,27-29,34-46,51H,9H2/t22-,27-,28-,29-,34+/m1/s1. The zero-order valence-electron chi connectivity index (χ0n) is 27.7. The van der Waals surface area contributed by atoms with Gasteiger partial charge in [-0.3, -0.25) is 0 Å². The molecule has 0 radical (unpaired) electrons. The lowest BCUT2D eigenvalue weighted by molar-refractivity contribution is -0.284. The summed E-state index contributed by atoms with van der Waals surface area (Å²) in [6.45, 7) is -1.09. The number of phenols is 12. The second-order valence-corrected chi connectivity index (χ2v) is 11.7. The van der Waals surface area contributed by atoms with Crippen molar-refractivity contribution in [2.24, 2.45) is 0 Å². The zero-order chi connectivity index (χ0) is 41.3. The summed E-state index contributed by atoms with van der Waals surface area (Å²) >= 11 is 0. The second-order valence-electron chi connectivity index (χ2n) is 11.7. The van der Waals surface area contributed by atoms with E-state index >= 15 is 0 Å². The van der Waals surface area contributed by atoms with Gasteiger partial charge in [0.15, 0.2) is 93.6 Å². The Kier molecular flexibility index (Phi) is 10.8. The second kappa shape index (κ2) is 15.3. The van der Waals surface area contributed by atoms with Gasteiger partial charge in [0, 0.05) is 0 Å². The molecule has 5 rings (SSSR count). The van der Waals surface area contributed by atoms with Crippen molar-refractivity contribution in [1.29, 1.82) is 0 Å². The van der Waals surface area contributed by atoms with Crippen molar-refractivity contribution >= 4 is 23.9 Å². The van der Waals surface area contributed by atoms with Crippen LogP contribution in [-0.4, -0.2) is 128 Å². The highest BCUT2D eigenvalue weighted by Crippen LogP contribution is 2.40. The van der Waals surface area contributed by atoms with Crippen molar-refractivity contribution in [3.05, 3.63) is 70.8 Å². The topological polar surface area (TPSA) is 377 Å². The minimum absolute atomic E-state index is 0.570. The molecule has 0 spiro atoms. The monoisotopic (exact) mass is 788 g/mol. The van der Waals surface area contributed by atoms with Gasteiger partial charge in [-0.25, -0.2) is 19.2 Å². The summed E-state index contributed by atoms with van der Waals surface area (Å²) in [4.78, 5) is 53.1. The number of carbonyl (C=O) groups excluding carboxylic acids is 4. The molecular weight excluding hydrogens is 760 g/mol. The average Bonchev–Trinajstić information content (AvgIpc) is 3.14. The third-order valence-electron chi connectivity index (χ3n) is 7.94. The van der Waals surface area contributed by atoms with E-state index in [4.69, 9.17) is 23.7 Å². The summed E-state index contributed by atoms with van der Waals surface area (Å²) in [6, 6.07) is 4.99. The number of phenolic OH excluding ortho intramolecular Hbond substituents is 12. The summed E-state index contributed by atoms with van der Waals surface area (Å²) in [5.41, 5.74) is -2.68. The van der Waals surface area contributed by atoms with E-state index in [9.17, 15) is 85.6 Å². The quantitative estimate of drug-likeness (QED) is 0.0630. The molecule has 0 aliphatic carbocycles. The third kappa shape index (κ3) is 7.95. The molecule has 1 fully saturated rings.